The first kappa shape index (κ1) is 14.0. The molecule has 0 atom stereocenters. The number of aromatic carboxylic acids is 1. The largest absolute Gasteiger partial charge is 0.477 e. The molecule has 0 aliphatic rings. The molecule has 0 amide bonds. The lowest BCUT2D eigenvalue weighted by atomic mass is 10.1. The molecule has 104 valence electrons. The third-order valence-corrected chi connectivity index (χ3v) is 3.00. The predicted molar refractivity (Wildman–Crippen MR) is 75.0 cm³/mol. The highest BCUT2D eigenvalue weighted by molar-refractivity contribution is 5.87. The monoisotopic (exact) mass is 273 g/mol. The molecular weight excluding hydrogens is 258 g/mol. The quantitative estimate of drug-likeness (QED) is 0.872. The van der Waals surface area contributed by atoms with Gasteiger partial charge in [-0.3, -0.25) is 4.79 Å². The van der Waals surface area contributed by atoms with Gasteiger partial charge >= 0.3 is 5.97 Å². The van der Waals surface area contributed by atoms with Crippen LogP contribution < -0.4 is 5.56 Å². The van der Waals surface area contributed by atoms with E-state index < -0.39 is 11.5 Å². The van der Waals surface area contributed by atoms with Gasteiger partial charge in [0.2, 0.25) is 0 Å². The van der Waals surface area contributed by atoms with Gasteiger partial charge in [0.05, 0.1) is 6.61 Å². The summed E-state index contributed by atoms with van der Waals surface area (Å²) in [6.07, 6.45) is 0.825. The molecular formula is C15H15NO4. The molecule has 0 aliphatic heterocycles. The first-order chi connectivity index (χ1) is 9.61. The Kier molecular flexibility index (Phi) is 4.32. The molecule has 0 saturated heterocycles. The summed E-state index contributed by atoms with van der Waals surface area (Å²) in [4.78, 5) is 25.0. The Hall–Kier alpha value is -2.40. The van der Waals surface area contributed by atoms with Crippen LogP contribution in [0.5, 0.6) is 0 Å². The van der Waals surface area contributed by atoms with Crippen molar-refractivity contribution in [1.29, 1.82) is 0 Å². The van der Waals surface area contributed by atoms with Crippen LogP contribution in [0.2, 0.25) is 0 Å². The Labute approximate surface area is 115 Å². The zero-order valence-corrected chi connectivity index (χ0v) is 11.1. The predicted octanol–water partition coefficient (Wildman–Crippen LogP) is 1.93. The second kappa shape index (κ2) is 6.16. The number of ether oxygens (including phenoxy) is 1. The molecule has 2 rings (SSSR count). The minimum absolute atomic E-state index is 0.259. The number of aromatic amines is 1. The summed E-state index contributed by atoms with van der Waals surface area (Å²) in [6.45, 7) is 0.656. The Morgan fingerprint density at radius 2 is 1.90 bits per heavy atom. The summed E-state index contributed by atoms with van der Waals surface area (Å²) in [5.41, 5.74) is 1.71. The van der Waals surface area contributed by atoms with Gasteiger partial charge in [-0.15, -0.1) is 0 Å². The maximum absolute atomic E-state index is 11.6. The van der Waals surface area contributed by atoms with Gasteiger partial charge in [-0.2, -0.15) is 0 Å². The molecule has 2 N–H and O–H groups in total. The lowest BCUT2D eigenvalue weighted by molar-refractivity contribution is 0.0695. The molecule has 1 heterocycles. The Morgan fingerprint density at radius 3 is 2.45 bits per heavy atom. The van der Waals surface area contributed by atoms with Crippen molar-refractivity contribution in [2.45, 2.75) is 6.42 Å². The second-order valence-corrected chi connectivity index (χ2v) is 4.36. The number of hydrogen-bond acceptors (Lipinski definition) is 3. The van der Waals surface area contributed by atoms with E-state index in [4.69, 9.17) is 9.84 Å². The van der Waals surface area contributed by atoms with Gasteiger partial charge in [0.15, 0.2) is 0 Å². The molecule has 0 fully saturated rings. The van der Waals surface area contributed by atoms with Crippen molar-refractivity contribution in [3.05, 3.63) is 57.9 Å². The van der Waals surface area contributed by atoms with E-state index in [1.807, 2.05) is 24.3 Å². The van der Waals surface area contributed by atoms with Crippen LogP contribution in [0.1, 0.15) is 15.9 Å². The average molecular weight is 273 g/mol. The highest BCUT2D eigenvalue weighted by Crippen LogP contribution is 2.16. The first-order valence-corrected chi connectivity index (χ1v) is 6.16. The first-order valence-electron chi connectivity index (χ1n) is 6.16. The Bertz CT molecular complexity index is 658. The van der Waals surface area contributed by atoms with E-state index in [-0.39, 0.29) is 5.56 Å². The lowest BCUT2D eigenvalue weighted by Gasteiger charge is -2.05. The maximum Gasteiger partial charge on any atom is 0.341 e. The van der Waals surface area contributed by atoms with Gasteiger partial charge in [0.25, 0.3) is 5.56 Å². The van der Waals surface area contributed by atoms with E-state index in [1.54, 1.807) is 13.2 Å². The molecule has 0 spiro atoms. The standard InChI is InChI=1S/C15H15NO4/c1-20-9-8-10-2-4-11(5-3-10)13-7-6-12(15(18)19)14(17)16-13/h2-7H,8-9H2,1H3,(H,16,17)(H,18,19). The Balaban J connectivity index is 2.26. The minimum atomic E-state index is -1.23. The highest BCUT2D eigenvalue weighted by Gasteiger charge is 2.09. The number of rotatable bonds is 5. The number of aromatic nitrogens is 1. The van der Waals surface area contributed by atoms with Gasteiger partial charge in [0, 0.05) is 12.8 Å². The van der Waals surface area contributed by atoms with Crippen LogP contribution in [-0.2, 0) is 11.2 Å². The van der Waals surface area contributed by atoms with Crippen molar-refractivity contribution >= 4 is 5.97 Å². The van der Waals surface area contributed by atoms with Crippen LogP contribution in [0.25, 0.3) is 11.3 Å². The Morgan fingerprint density at radius 1 is 1.20 bits per heavy atom. The number of carbonyl (C=O) groups is 1. The summed E-state index contributed by atoms with van der Waals surface area (Å²) < 4.78 is 5.01. The summed E-state index contributed by atoms with van der Waals surface area (Å²) in [7, 11) is 1.66. The van der Waals surface area contributed by atoms with E-state index in [9.17, 15) is 9.59 Å². The summed E-state index contributed by atoms with van der Waals surface area (Å²) in [6, 6.07) is 10.6. The molecule has 0 aliphatic carbocycles. The zero-order valence-electron chi connectivity index (χ0n) is 11.1. The molecule has 1 aromatic carbocycles. The van der Waals surface area contributed by atoms with Crippen molar-refractivity contribution in [3.63, 3.8) is 0 Å². The van der Waals surface area contributed by atoms with Crippen LogP contribution in [0.4, 0.5) is 0 Å². The fourth-order valence-electron chi connectivity index (χ4n) is 1.88. The maximum atomic E-state index is 11.6. The zero-order chi connectivity index (χ0) is 14.5. The molecule has 0 unspecified atom stereocenters. The lowest BCUT2D eigenvalue weighted by Crippen LogP contribution is -2.17. The summed E-state index contributed by atoms with van der Waals surface area (Å²) >= 11 is 0. The van der Waals surface area contributed by atoms with Gasteiger partial charge in [-0.05, 0) is 29.7 Å². The van der Waals surface area contributed by atoms with Crippen molar-refractivity contribution in [1.82, 2.24) is 4.98 Å². The van der Waals surface area contributed by atoms with E-state index in [2.05, 4.69) is 4.98 Å². The van der Waals surface area contributed by atoms with Gasteiger partial charge < -0.3 is 14.8 Å². The number of carboxylic acid groups (broad SMARTS) is 1. The molecule has 5 heteroatoms. The molecule has 20 heavy (non-hydrogen) atoms. The van der Waals surface area contributed by atoms with Crippen LogP contribution >= 0.6 is 0 Å². The average Bonchev–Trinajstić information content (AvgIpc) is 2.45. The van der Waals surface area contributed by atoms with Crippen molar-refractivity contribution < 1.29 is 14.6 Å². The molecule has 1 aromatic heterocycles. The number of pyridine rings is 1. The van der Waals surface area contributed by atoms with Crippen LogP contribution in [-0.4, -0.2) is 29.8 Å². The van der Waals surface area contributed by atoms with Gasteiger partial charge in [-0.25, -0.2) is 4.79 Å². The third-order valence-electron chi connectivity index (χ3n) is 3.00. The second-order valence-electron chi connectivity index (χ2n) is 4.36. The van der Waals surface area contributed by atoms with Crippen molar-refractivity contribution in [3.8, 4) is 11.3 Å². The smallest absolute Gasteiger partial charge is 0.341 e. The number of benzene rings is 1. The normalized spacial score (nSPS) is 10.4. The number of methoxy groups -OCH3 is 1. The van der Waals surface area contributed by atoms with E-state index in [0.29, 0.717) is 12.3 Å². The SMILES string of the molecule is COCCc1ccc(-c2ccc(C(=O)O)c(=O)[nH]2)cc1. The van der Waals surface area contributed by atoms with Crippen LogP contribution in [0.3, 0.4) is 0 Å². The number of nitrogens with one attached hydrogen (secondary N) is 1. The van der Waals surface area contributed by atoms with Gasteiger partial charge in [-0.1, -0.05) is 24.3 Å². The fourth-order valence-corrected chi connectivity index (χ4v) is 1.88. The third kappa shape index (κ3) is 3.13. The van der Waals surface area contributed by atoms with E-state index in [1.165, 1.54) is 6.07 Å². The minimum Gasteiger partial charge on any atom is -0.477 e. The topological polar surface area (TPSA) is 79.4 Å². The summed E-state index contributed by atoms with van der Waals surface area (Å²) in [5, 5.41) is 8.81. The molecule has 2 aromatic rings. The van der Waals surface area contributed by atoms with E-state index >= 15 is 0 Å². The molecule has 0 radical (unpaired) electrons. The summed E-state index contributed by atoms with van der Waals surface area (Å²) in [5.74, 6) is -1.23. The molecule has 0 bridgehead atoms. The fraction of sp³-hybridized carbons (Fsp3) is 0.200. The number of carboxylic acids is 1. The number of H-pyrrole nitrogens is 1. The number of hydrogen-bond donors (Lipinski definition) is 2. The van der Waals surface area contributed by atoms with Crippen molar-refractivity contribution in [2.75, 3.05) is 13.7 Å². The van der Waals surface area contributed by atoms with E-state index in [0.717, 1.165) is 17.5 Å². The highest BCUT2D eigenvalue weighted by atomic mass is 16.5. The van der Waals surface area contributed by atoms with Crippen LogP contribution in [0.15, 0.2) is 41.2 Å². The van der Waals surface area contributed by atoms with Crippen molar-refractivity contribution in [2.24, 2.45) is 0 Å². The molecule has 0 saturated carbocycles. The van der Waals surface area contributed by atoms with Gasteiger partial charge in [0.1, 0.15) is 5.56 Å². The molecule has 5 nitrogen and oxygen atoms in total. The van der Waals surface area contributed by atoms with Crippen LogP contribution in [0, 0.1) is 0 Å².